The van der Waals surface area contributed by atoms with Gasteiger partial charge >= 0.3 is 5.97 Å². The normalized spacial score (nSPS) is 14.8. The van der Waals surface area contributed by atoms with E-state index >= 15 is 0 Å². The van der Waals surface area contributed by atoms with Gasteiger partial charge in [0, 0.05) is 35.4 Å². The van der Waals surface area contributed by atoms with Crippen molar-refractivity contribution >= 4 is 11.9 Å². The van der Waals surface area contributed by atoms with E-state index in [1.807, 2.05) is 0 Å². The highest BCUT2D eigenvalue weighted by molar-refractivity contribution is 5.98. The summed E-state index contributed by atoms with van der Waals surface area (Å²) in [5, 5.41) is 22.6. The van der Waals surface area contributed by atoms with Crippen molar-refractivity contribution < 1.29 is 29.3 Å². The smallest absolute Gasteiger partial charge is 0.340 e. The number of phenols is 2. The molecule has 0 atom stereocenters. The van der Waals surface area contributed by atoms with E-state index in [2.05, 4.69) is 5.32 Å². The second-order valence-corrected chi connectivity index (χ2v) is 7.35. The highest BCUT2D eigenvalue weighted by Gasteiger charge is 2.54. The summed E-state index contributed by atoms with van der Waals surface area (Å²) in [5.74, 6) is -0.305. The lowest BCUT2D eigenvalue weighted by Crippen LogP contribution is -2.33. The van der Waals surface area contributed by atoms with Crippen LogP contribution in [0.5, 0.6) is 23.0 Å². The van der Waals surface area contributed by atoms with Crippen LogP contribution in [-0.4, -0.2) is 28.6 Å². The summed E-state index contributed by atoms with van der Waals surface area (Å²) in [7, 11) is 0. The Morgan fingerprint density at radius 1 is 0.968 bits per heavy atom. The van der Waals surface area contributed by atoms with Gasteiger partial charge in [-0.2, -0.15) is 0 Å². The highest BCUT2D eigenvalue weighted by atomic mass is 16.6. The second kappa shape index (κ2) is 6.75. The minimum absolute atomic E-state index is 0.0136. The molecule has 1 amide bonds. The summed E-state index contributed by atoms with van der Waals surface area (Å²) in [6, 6.07) is 14.4. The number of hydrogen-bond donors (Lipinski definition) is 4. The van der Waals surface area contributed by atoms with E-state index in [0.717, 1.165) is 0 Å². The van der Waals surface area contributed by atoms with E-state index in [-0.39, 0.29) is 30.5 Å². The van der Waals surface area contributed by atoms with Crippen molar-refractivity contribution in [3.63, 3.8) is 0 Å². The average Bonchev–Trinajstić information content (AvgIpc) is 3.05. The molecule has 2 aliphatic heterocycles. The van der Waals surface area contributed by atoms with E-state index in [1.54, 1.807) is 30.3 Å². The van der Waals surface area contributed by atoms with Crippen molar-refractivity contribution in [2.24, 2.45) is 5.73 Å². The number of ether oxygens (including phenoxy) is 2. The Bertz CT molecular complexity index is 1200. The number of amides is 1. The van der Waals surface area contributed by atoms with Gasteiger partial charge in [0.1, 0.15) is 23.0 Å². The summed E-state index contributed by atoms with van der Waals surface area (Å²) >= 11 is 0. The molecule has 0 bridgehead atoms. The van der Waals surface area contributed by atoms with Crippen LogP contribution in [0.4, 0.5) is 0 Å². The van der Waals surface area contributed by atoms with E-state index in [9.17, 15) is 19.8 Å². The first-order valence-corrected chi connectivity index (χ1v) is 9.61. The van der Waals surface area contributed by atoms with E-state index in [0.29, 0.717) is 39.3 Å². The maximum absolute atomic E-state index is 13.1. The molecule has 2 aliphatic rings. The van der Waals surface area contributed by atoms with Gasteiger partial charge in [-0.3, -0.25) is 4.79 Å². The van der Waals surface area contributed by atoms with Gasteiger partial charge in [-0.1, -0.05) is 18.2 Å². The fraction of sp³-hybridized carbons (Fsp3) is 0.130. The van der Waals surface area contributed by atoms with Gasteiger partial charge in [-0.05, 0) is 29.8 Å². The summed E-state index contributed by atoms with van der Waals surface area (Å²) in [4.78, 5) is 24.8. The first kappa shape index (κ1) is 19.0. The summed E-state index contributed by atoms with van der Waals surface area (Å²) < 4.78 is 12.0. The van der Waals surface area contributed by atoms with Crippen LogP contribution in [0.1, 0.15) is 32.6 Å². The number of rotatable bonds is 3. The zero-order valence-electron chi connectivity index (χ0n) is 16.2. The van der Waals surface area contributed by atoms with Crippen molar-refractivity contribution in [2.75, 3.05) is 6.54 Å². The Morgan fingerprint density at radius 3 is 2.23 bits per heavy atom. The molecule has 0 aromatic heterocycles. The van der Waals surface area contributed by atoms with Gasteiger partial charge in [0.15, 0.2) is 5.60 Å². The molecule has 5 N–H and O–H groups in total. The molecule has 0 saturated carbocycles. The van der Waals surface area contributed by atoms with Gasteiger partial charge in [-0.15, -0.1) is 0 Å². The molecule has 8 heteroatoms. The third-order valence-corrected chi connectivity index (χ3v) is 5.55. The molecular weight excluding hydrogens is 400 g/mol. The second-order valence-electron chi connectivity index (χ2n) is 7.35. The quantitative estimate of drug-likeness (QED) is 0.480. The van der Waals surface area contributed by atoms with Gasteiger partial charge in [0.25, 0.3) is 0 Å². The molecule has 2 heterocycles. The van der Waals surface area contributed by atoms with Crippen LogP contribution in [0, 0.1) is 0 Å². The molecule has 156 valence electrons. The van der Waals surface area contributed by atoms with Crippen molar-refractivity contribution in [1.82, 2.24) is 5.32 Å². The number of esters is 1. The number of nitrogens with one attached hydrogen (secondary N) is 1. The molecule has 0 radical (unpaired) electrons. The van der Waals surface area contributed by atoms with Gasteiger partial charge < -0.3 is 30.7 Å². The molecule has 0 unspecified atom stereocenters. The fourth-order valence-corrected chi connectivity index (χ4v) is 4.23. The summed E-state index contributed by atoms with van der Waals surface area (Å²) in [6.45, 7) is -0.0414. The van der Waals surface area contributed by atoms with Crippen LogP contribution >= 0.6 is 0 Å². The predicted molar refractivity (Wildman–Crippen MR) is 109 cm³/mol. The topological polar surface area (TPSA) is 131 Å². The van der Waals surface area contributed by atoms with Crippen molar-refractivity contribution in [3.05, 3.63) is 82.4 Å². The Hall–Kier alpha value is -4.04. The van der Waals surface area contributed by atoms with Gasteiger partial charge in [0.2, 0.25) is 5.91 Å². The fourth-order valence-electron chi connectivity index (χ4n) is 4.23. The molecule has 3 aromatic carbocycles. The molecule has 1 spiro atoms. The van der Waals surface area contributed by atoms with Crippen LogP contribution in [0.3, 0.4) is 0 Å². The maximum atomic E-state index is 13.1. The van der Waals surface area contributed by atoms with Crippen molar-refractivity contribution in [1.29, 1.82) is 0 Å². The standard InChI is InChI=1S/C23H18N2O6/c24-10-20(28)25-11-12-2-1-3-17-21(12)22(29)31-23(17)15-6-4-13(26)8-18(15)30-19-9-14(27)5-7-16(19)23/h1-9,26-27H,10-11,24H2,(H,25,28). The molecule has 0 saturated heterocycles. The van der Waals surface area contributed by atoms with Crippen LogP contribution in [0.15, 0.2) is 54.6 Å². The SMILES string of the molecule is NCC(=O)NCc1cccc2c1C(=O)OC21c2ccc(O)cc2Oc2cc(O)ccc21. The first-order valence-electron chi connectivity index (χ1n) is 9.61. The van der Waals surface area contributed by atoms with Gasteiger partial charge in [0.05, 0.1) is 12.1 Å². The predicted octanol–water partition coefficient (Wildman–Crippen LogP) is 2.24. The average molecular weight is 418 g/mol. The molecule has 8 nitrogen and oxygen atoms in total. The molecule has 0 aliphatic carbocycles. The third kappa shape index (κ3) is 2.72. The number of benzene rings is 3. The van der Waals surface area contributed by atoms with Crippen molar-refractivity contribution in [3.8, 4) is 23.0 Å². The lowest BCUT2D eigenvalue weighted by Gasteiger charge is -2.36. The summed E-state index contributed by atoms with van der Waals surface area (Å²) in [6.07, 6.45) is 0. The van der Waals surface area contributed by atoms with Crippen LogP contribution in [0.25, 0.3) is 0 Å². The molecule has 5 rings (SSSR count). The highest BCUT2D eigenvalue weighted by Crippen LogP contribution is 2.57. The first-order chi connectivity index (χ1) is 14.9. The lowest BCUT2D eigenvalue weighted by atomic mass is 9.77. The molecule has 31 heavy (non-hydrogen) atoms. The third-order valence-electron chi connectivity index (χ3n) is 5.55. The Morgan fingerprint density at radius 2 is 1.61 bits per heavy atom. The lowest BCUT2D eigenvalue weighted by molar-refractivity contribution is -0.119. The van der Waals surface area contributed by atoms with Crippen LogP contribution < -0.4 is 15.8 Å². The zero-order valence-corrected chi connectivity index (χ0v) is 16.2. The molecular formula is C23H18N2O6. The van der Waals surface area contributed by atoms with Crippen LogP contribution in [-0.2, 0) is 21.7 Å². The number of nitrogens with two attached hydrogens (primary N) is 1. The van der Waals surface area contributed by atoms with E-state index in [1.165, 1.54) is 24.3 Å². The van der Waals surface area contributed by atoms with Crippen molar-refractivity contribution in [2.45, 2.75) is 12.1 Å². The Labute approximate surface area is 176 Å². The zero-order chi connectivity index (χ0) is 21.8. The number of carbonyl (C=O) groups excluding carboxylic acids is 2. The number of carbonyl (C=O) groups is 2. The molecule has 0 fully saturated rings. The summed E-state index contributed by atoms with van der Waals surface area (Å²) in [5.41, 5.74) is 6.63. The minimum Gasteiger partial charge on any atom is -0.508 e. The van der Waals surface area contributed by atoms with E-state index < -0.39 is 11.6 Å². The number of aromatic hydroxyl groups is 2. The monoisotopic (exact) mass is 418 g/mol. The largest absolute Gasteiger partial charge is 0.508 e. The Balaban J connectivity index is 1.76. The number of hydrogen-bond acceptors (Lipinski definition) is 7. The van der Waals surface area contributed by atoms with Gasteiger partial charge in [-0.25, -0.2) is 4.79 Å². The van der Waals surface area contributed by atoms with Crippen LogP contribution in [0.2, 0.25) is 0 Å². The van der Waals surface area contributed by atoms with E-state index in [4.69, 9.17) is 15.2 Å². The number of fused-ring (bicyclic) bond motifs is 6. The molecule has 3 aromatic rings. The minimum atomic E-state index is -1.33. The number of phenolic OH excluding ortho intramolecular Hbond substituents is 2. The Kier molecular flexibility index (Phi) is 4.13. The maximum Gasteiger partial charge on any atom is 0.340 e.